The van der Waals surface area contributed by atoms with Crippen molar-refractivity contribution in [1.29, 1.82) is 0 Å². The SMILES string of the molecule is CCOc1ccc2oc(-c3csc(NC(=O)c4ccc(Br)s4)n3)cc2c1. The van der Waals surface area contributed by atoms with Crippen LogP contribution in [0.25, 0.3) is 22.4 Å². The van der Waals surface area contributed by atoms with Crippen molar-refractivity contribution in [1.82, 2.24) is 4.98 Å². The Hall–Kier alpha value is -2.16. The van der Waals surface area contributed by atoms with Gasteiger partial charge in [-0.25, -0.2) is 4.98 Å². The van der Waals surface area contributed by atoms with Crippen LogP contribution in [0.3, 0.4) is 0 Å². The molecular formula is C18H13BrN2O3S2. The fraction of sp³-hybridized carbons (Fsp3) is 0.111. The van der Waals surface area contributed by atoms with Crippen molar-refractivity contribution in [3.05, 3.63) is 50.4 Å². The summed E-state index contributed by atoms with van der Waals surface area (Å²) in [6.45, 7) is 2.57. The Morgan fingerprint density at radius 3 is 2.96 bits per heavy atom. The van der Waals surface area contributed by atoms with Crippen LogP contribution in [0.1, 0.15) is 16.6 Å². The van der Waals surface area contributed by atoms with Gasteiger partial charge < -0.3 is 9.15 Å². The van der Waals surface area contributed by atoms with Gasteiger partial charge in [0, 0.05) is 10.8 Å². The summed E-state index contributed by atoms with van der Waals surface area (Å²) < 4.78 is 12.3. The van der Waals surface area contributed by atoms with Gasteiger partial charge in [0.2, 0.25) is 0 Å². The fourth-order valence-corrected chi connectivity index (χ4v) is 4.42. The van der Waals surface area contributed by atoms with E-state index in [4.69, 9.17) is 9.15 Å². The maximum Gasteiger partial charge on any atom is 0.267 e. The third-order valence-corrected chi connectivity index (χ3v) is 5.95. The molecule has 3 heterocycles. The molecule has 1 aromatic carbocycles. The number of amides is 1. The molecule has 0 bridgehead atoms. The van der Waals surface area contributed by atoms with Crippen LogP contribution in [0.5, 0.6) is 5.75 Å². The largest absolute Gasteiger partial charge is 0.494 e. The van der Waals surface area contributed by atoms with Crippen LogP contribution >= 0.6 is 38.6 Å². The third kappa shape index (κ3) is 3.53. The number of thiazole rings is 1. The van der Waals surface area contributed by atoms with E-state index in [1.807, 2.05) is 42.6 Å². The highest BCUT2D eigenvalue weighted by Crippen LogP contribution is 2.32. The Morgan fingerprint density at radius 2 is 2.19 bits per heavy atom. The summed E-state index contributed by atoms with van der Waals surface area (Å²) in [4.78, 5) is 17.3. The van der Waals surface area contributed by atoms with Crippen molar-refractivity contribution in [2.75, 3.05) is 11.9 Å². The maximum absolute atomic E-state index is 12.2. The molecule has 0 aliphatic heterocycles. The van der Waals surface area contributed by atoms with Gasteiger partial charge in [-0.15, -0.1) is 22.7 Å². The van der Waals surface area contributed by atoms with E-state index < -0.39 is 0 Å². The number of fused-ring (bicyclic) bond motifs is 1. The van der Waals surface area contributed by atoms with Crippen LogP contribution < -0.4 is 10.1 Å². The number of thiophene rings is 1. The molecule has 1 N–H and O–H groups in total. The zero-order valence-corrected chi connectivity index (χ0v) is 16.8. The monoisotopic (exact) mass is 448 g/mol. The van der Waals surface area contributed by atoms with Crippen molar-refractivity contribution < 1.29 is 13.9 Å². The molecule has 3 aromatic heterocycles. The van der Waals surface area contributed by atoms with E-state index in [1.54, 1.807) is 6.07 Å². The second-order valence-electron chi connectivity index (χ2n) is 5.34. The summed E-state index contributed by atoms with van der Waals surface area (Å²) in [5.41, 5.74) is 1.46. The van der Waals surface area contributed by atoms with Crippen molar-refractivity contribution in [2.45, 2.75) is 6.92 Å². The number of carbonyl (C=O) groups is 1. The van der Waals surface area contributed by atoms with Gasteiger partial charge in [0.15, 0.2) is 10.9 Å². The molecule has 0 atom stereocenters. The van der Waals surface area contributed by atoms with Crippen molar-refractivity contribution in [3.63, 3.8) is 0 Å². The highest BCUT2D eigenvalue weighted by molar-refractivity contribution is 9.11. The van der Waals surface area contributed by atoms with Crippen LogP contribution in [0.4, 0.5) is 5.13 Å². The Bertz CT molecular complexity index is 1080. The Kier molecular flexibility index (Phi) is 4.80. The Balaban J connectivity index is 1.55. The standard InChI is InChI=1S/C18H13BrN2O3S2/c1-2-23-11-3-4-13-10(7-11)8-14(24-13)12-9-25-18(20-12)21-17(22)15-5-6-16(19)26-15/h3-9H,2H2,1H3,(H,20,21,22). The van der Waals surface area contributed by atoms with Gasteiger partial charge in [-0.1, -0.05) is 0 Å². The number of nitrogens with zero attached hydrogens (tertiary/aromatic N) is 1. The van der Waals surface area contributed by atoms with Crippen LogP contribution in [0.15, 0.2) is 50.0 Å². The minimum atomic E-state index is -0.174. The molecule has 4 aromatic rings. The molecule has 26 heavy (non-hydrogen) atoms. The quantitative estimate of drug-likeness (QED) is 0.404. The van der Waals surface area contributed by atoms with E-state index in [2.05, 4.69) is 26.2 Å². The normalized spacial score (nSPS) is 11.0. The molecule has 0 unspecified atom stereocenters. The first-order chi connectivity index (χ1) is 12.6. The smallest absolute Gasteiger partial charge is 0.267 e. The molecule has 0 radical (unpaired) electrons. The zero-order chi connectivity index (χ0) is 18.1. The molecule has 132 valence electrons. The van der Waals surface area contributed by atoms with Gasteiger partial charge in [-0.2, -0.15) is 0 Å². The number of carbonyl (C=O) groups excluding carboxylic acids is 1. The number of rotatable bonds is 5. The van der Waals surface area contributed by atoms with Gasteiger partial charge in [-0.3, -0.25) is 10.1 Å². The molecule has 1 amide bonds. The summed E-state index contributed by atoms with van der Waals surface area (Å²) in [6, 6.07) is 11.2. The minimum absolute atomic E-state index is 0.174. The number of furan rings is 1. The molecular weight excluding hydrogens is 436 g/mol. The van der Waals surface area contributed by atoms with Gasteiger partial charge in [0.05, 0.1) is 15.3 Å². The zero-order valence-electron chi connectivity index (χ0n) is 13.6. The molecule has 0 saturated heterocycles. The number of halogens is 1. The van der Waals surface area contributed by atoms with Crippen molar-refractivity contribution in [2.24, 2.45) is 0 Å². The van der Waals surface area contributed by atoms with E-state index in [0.717, 1.165) is 20.5 Å². The number of aromatic nitrogens is 1. The molecule has 0 aliphatic carbocycles. The third-order valence-electron chi connectivity index (χ3n) is 3.57. The number of benzene rings is 1. The van der Waals surface area contributed by atoms with Crippen LogP contribution in [0, 0.1) is 0 Å². The van der Waals surface area contributed by atoms with E-state index in [-0.39, 0.29) is 5.91 Å². The lowest BCUT2D eigenvalue weighted by atomic mass is 10.2. The van der Waals surface area contributed by atoms with E-state index in [1.165, 1.54) is 22.7 Å². The molecule has 0 saturated carbocycles. The van der Waals surface area contributed by atoms with Gasteiger partial charge in [0.1, 0.15) is 17.0 Å². The average molecular weight is 449 g/mol. The minimum Gasteiger partial charge on any atom is -0.494 e. The summed E-state index contributed by atoms with van der Waals surface area (Å²) in [5.74, 6) is 1.29. The van der Waals surface area contributed by atoms with Crippen LogP contribution in [0.2, 0.25) is 0 Å². The van der Waals surface area contributed by atoms with Crippen molar-refractivity contribution >= 4 is 60.6 Å². The van der Waals surface area contributed by atoms with Crippen LogP contribution in [-0.2, 0) is 0 Å². The predicted octanol–water partition coefficient (Wildman–Crippen LogP) is 6.03. The van der Waals surface area contributed by atoms with Crippen LogP contribution in [-0.4, -0.2) is 17.5 Å². The molecule has 0 spiro atoms. The second-order valence-corrected chi connectivity index (χ2v) is 8.66. The molecule has 0 aliphatic rings. The first-order valence-corrected chi connectivity index (χ1v) is 10.3. The number of ether oxygens (including phenoxy) is 1. The highest BCUT2D eigenvalue weighted by Gasteiger charge is 2.14. The Morgan fingerprint density at radius 1 is 1.31 bits per heavy atom. The fourth-order valence-electron chi connectivity index (χ4n) is 2.44. The number of anilines is 1. The first kappa shape index (κ1) is 17.3. The topological polar surface area (TPSA) is 64.4 Å². The highest BCUT2D eigenvalue weighted by atomic mass is 79.9. The average Bonchev–Trinajstić information content (AvgIpc) is 3.33. The van der Waals surface area contributed by atoms with E-state index in [9.17, 15) is 4.79 Å². The van der Waals surface area contributed by atoms with E-state index >= 15 is 0 Å². The number of hydrogen-bond acceptors (Lipinski definition) is 6. The van der Waals surface area contributed by atoms with Crippen molar-refractivity contribution in [3.8, 4) is 17.2 Å². The summed E-state index contributed by atoms with van der Waals surface area (Å²) in [7, 11) is 0. The summed E-state index contributed by atoms with van der Waals surface area (Å²) >= 11 is 6.09. The molecule has 5 nitrogen and oxygen atoms in total. The number of nitrogens with one attached hydrogen (secondary N) is 1. The van der Waals surface area contributed by atoms with Gasteiger partial charge >= 0.3 is 0 Å². The van der Waals surface area contributed by atoms with Gasteiger partial charge in [0.25, 0.3) is 5.91 Å². The molecule has 8 heteroatoms. The lowest BCUT2D eigenvalue weighted by molar-refractivity contribution is 0.103. The van der Waals surface area contributed by atoms with E-state index in [0.29, 0.717) is 28.1 Å². The summed E-state index contributed by atoms with van der Waals surface area (Å²) in [6.07, 6.45) is 0. The lowest BCUT2D eigenvalue weighted by Gasteiger charge is -2.00. The summed E-state index contributed by atoms with van der Waals surface area (Å²) in [5, 5.41) is 6.16. The molecule has 0 fully saturated rings. The Labute approximate surface area is 165 Å². The first-order valence-electron chi connectivity index (χ1n) is 7.81. The maximum atomic E-state index is 12.2. The lowest BCUT2D eigenvalue weighted by Crippen LogP contribution is -2.09. The molecule has 4 rings (SSSR count). The van der Waals surface area contributed by atoms with Gasteiger partial charge in [-0.05, 0) is 59.3 Å². The predicted molar refractivity (Wildman–Crippen MR) is 108 cm³/mol. The number of hydrogen-bond donors (Lipinski definition) is 1. The second kappa shape index (κ2) is 7.22.